The van der Waals surface area contributed by atoms with Crippen LogP contribution in [0, 0.1) is 17.8 Å². The molecule has 3 atom stereocenters. The smallest absolute Gasteiger partial charge is 0.257 e. The van der Waals surface area contributed by atoms with Gasteiger partial charge < -0.3 is 10.1 Å². The highest BCUT2D eigenvalue weighted by Gasteiger charge is 2.50. The summed E-state index contributed by atoms with van der Waals surface area (Å²) in [5.41, 5.74) is 1.22. The Labute approximate surface area is 169 Å². The summed E-state index contributed by atoms with van der Waals surface area (Å²) in [7, 11) is 1.56. The number of nitrogens with one attached hydrogen (secondary N) is 1. The quantitative estimate of drug-likeness (QED) is 0.802. The van der Waals surface area contributed by atoms with Gasteiger partial charge in [0.15, 0.2) is 0 Å². The monoisotopic (exact) mass is 392 g/mol. The van der Waals surface area contributed by atoms with Crippen LogP contribution in [0.25, 0.3) is 0 Å². The Balaban J connectivity index is 1.64. The number of anilines is 2. The number of rotatable bonds is 4. The molecule has 3 amide bonds. The zero-order valence-electron chi connectivity index (χ0n) is 16.6. The lowest BCUT2D eigenvalue weighted by Crippen LogP contribution is -2.33. The SMILES string of the molecule is COc1cccc(NC(=O)c2ccccc2N2C(=O)[C@H]3C[C@@H](C)CC[C@H]3C2=O)c1. The molecule has 4 rings (SSSR count). The van der Waals surface area contributed by atoms with Gasteiger partial charge in [-0.05, 0) is 49.4 Å². The van der Waals surface area contributed by atoms with E-state index in [1.807, 2.05) is 0 Å². The summed E-state index contributed by atoms with van der Waals surface area (Å²) < 4.78 is 5.19. The van der Waals surface area contributed by atoms with Crippen molar-refractivity contribution in [3.63, 3.8) is 0 Å². The van der Waals surface area contributed by atoms with E-state index in [2.05, 4.69) is 12.2 Å². The molecule has 2 fully saturated rings. The van der Waals surface area contributed by atoms with E-state index in [9.17, 15) is 14.4 Å². The van der Waals surface area contributed by atoms with Gasteiger partial charge in [-0.3, -0.25) is 14.4 Å². The molecule has 0 bridgehead atoms. The van der Waals surface area contributed by atoms with Crippen molar-refractivity contribution in [1.29, 1.82) is 0 Å². The molecule has 0 spiro atoms. The number of hydrogen-bond donors (Lipinski definition) is 1. The summed E-state index contributed by atoms with van der Waals surface area (Å²) in [5, 5.41) is 2.83. The van der Waals surface area contributed by atoms with Gasteiger partial charge in [0.2, 0.25) is 11.8 Å². The lowest BCUT2D eigenvalue weighted by atomic mass is 9.76. The Morgan fingerprint density at radius 1 is 1.03 bits per heavy atom. The number of methoxy groups -OCH3 is 1. The predicted octanol–water partition coefficient (Wildman–Crippen LogP) is 3.87. The molecule has 150 valence electrons. The van der Waals surface area contributed by atoms with Gasteiger partial charge in [-0.25, -0.2) is 4.90 Å². The second-order valence-corrected chi connectivity index (χ2v) is 7.85. The minimum absolute atomic E-state index is 0.187. The summed E-state index contributed by atoms with van der Waals surface area (Å²) >= 11 is 0. The highest BCUT2D eigenvalue weighted by Crippen LogP contribution is 2.42. The largest absolute Gasteiger partial charge is 0.497 e. The third-order valence-corrected chi connectivity index (χ3v) is 5.90. The molecule has 0 unspecified atom stereocenters. The van der Waals surface area contributed by atoms with Gasteiger partial charge in [-0.15, -0.1) is 0 Å². The average Bonchev–Trinajstić information content (AvgIpc) is 2.97. The van der Waals surface area contributed by atoms with Gasteiger partial charge in [0.05, 0.1) is 30.2 Å². The second kappa shape index (κ2) is 7.70. The number of para-hydroxylation sites is 1. The van der Waals surface area contributed by atoms with Crippen molar-refractivity contribution in [2.75, 3.05) is 17.3 Å². The van der Waals surface area contributed by atoms with E-state index in [-0.39, 0.29) is 29.6 Å². The van der Waals surface area contributed by atoms with Crippen LogP contribution in [0.4, 0.5) is 11.4 Å². The molecule has 2 aromatic rings. The second-order valence-electron chi connectivity index (χ2n) is 7.85. The maximum absolute atomic E-state index is 13.1. The van der Waals surface area contributed by atoms with Crippen molar-refractivity contribution in [3.05, 3.63) is 54.1 Å². The molecule has 6 nitrogen and oxygen atoms in total. The summed E-state index contributed by atoms with van der Waals surface area (Å²) in [4.78, 5) is 40.3. The molecule has 2 aromatic carbocycles. The summed E-state index contributed by atoms with van der Waals surface area (Å²) in [6.07, 6.45) is 2.40. The van der Waals surface area contributed by atoms with E-state index in [1.54, 1.807) is 55.6 Å². The van der Waals surface area contributed by atoms with Crippen molar-refractivity contribution < 1.29 is 19.1 Å². The van der Waals surface area contributed by atoms with Crippen molar-refractivity contribution in [3.8, 4) is 5.75 Å². The molecule has 1 heterocycles. The molecular formula is C23H24N2O4. The number of hydrogen-bond acceptors (Lipinski definition) is 4. The van der Waals surface area contributed by atoms with Crippen LogP contribution in [0.3, 0.4) is 0 Å². The van der Waals surface area contributed by atoms with E-state index >= 15 is 0 Å². The van der Waals surface area contributed by atoms with Gasteiger partial charge in [-0.2, -0.15) is 0 Å². The van der Waals surface area contributed by atoms with Gasteiger partial charge in [0.25, 0.3) is 5.91 Å². The fourth-order valence-corrected chi connectivity index (χ4v) is 4.39. The van der Waals surface area contributed by atoms with E-state index in [4.69, 9.17) is 4.74 Å². The van der Waals surface area contributed by atoms with Crippen molar-refractivity contribution in [2.24, 2.45) is 17.8 Å². The molecule has 0 aromatic heterocycles. The first-order valence-corrected chi connectivity index (χ1v) is 9.92. The summed E-state index contributed by atoms with van der Waals surface area (Å²) in [5.74, 6) is -0.243. The molecule has 0 radical (unpaired) electrons. The zero-order chi connectivity index (χ0) is 20.5. The molecular weight excluding hydrogens is 368 g/mol. The molecule has 1 saturated heterocycles. The number of benzene rings is 2. The zero-order valence-corrected chi connectivity index (χ0v) is 16.6. The van der Waals surface area contributed by atoms with Crippen molar-refractivity contribution in [1.82, 2.24) is 0 Å². The first-order valence-electron chi connectivity index (χ1n) is 9.92. The standard InChI is InChI=1S/C23H24N2O4/c1-14-10-11-17-19(12-14)23(28)25(22(17)27)20-9-4-3-8-18(20)21(26)24-15-6-5-7-16(13-15)29-2/h3-9,13-14,17,19H,10-12H2,1-2H3,(H,24,26)/t14-,17+,19-/m0/s1. The lowest BCUT2D eigenvalue weighted by molar-refractivity contribution is -0.122. The number of ether oxygens (including phenoxy) is 1. The molecule has 1 saturated carbocycles. The number of carbonyl (C=O) groups is 3. The van der Waals surface area contributed by atoms with Crippen LogP contribution >= 0.6 is 0 Å². The van der Waals surface area contributed by atoms with E-state index < -0.39 is 0 Å². The van der Waals surface area contributed by atoms with Crippen LogP contribution in [-0.2, 0) is 9.59 Å². The Morgan fingerprint density at radius 3 is 2.59 bits per heavy atom. The Hall–Kier alpha value is -3.15. The van der Waals surface area contributed by atoms with Crippen molar-refractivity contribution >= 4 is 29.1 Å². The topological polar surface area (TPSA) is 75.7 Å². The van der Waals surface area contributed by atoms with Gasteiger partial charge >= 0.3 is 0 Å². The van der Waals surface area contributed by atoms with E-state index in [0.29, 0.717) is 28.6 Å². The maximum atomic E-state index is 13.1. The van der Waals surface area contributed by atoms with Gasteiger partial charge in [0.1, 0.15) is 5.75 Å². The highest BCUT2D eigenvalue weighted by molar-refractivity contribution is 6.24. The predicted molar refractivity (Wildman–Crippen MR) is 110 cm³/mol. The molecule has 1 aliphatic heterocycles. The lowest BCUT2D eigenvalue weighted by Gasteiger charge is -2.25. The molecule has 2 aliphatic rings. The number of fused-ring (bicyclic) bond motifs is 1. The Bertz CT molecular complexity index is 971. The third-order valence-electron chi connectivity index (χ3n) is 5.90. The first-order chi connectivity index (χ1) is 14.0. The van der Waals surface area contributed by atoms with Crippen LogP contribution < -0.4 is 15.0 Å². The average molecular weight is 392 g/mol. The summed E-state index contributed by atoms with van der Waals surface area (Å²) in [6, 6.07) is 13.8. The number of nitrogens with zero attached hydrogens (tertiary/aromatic N) is 1. The minimum atomic E-state index is -0.377. The molecule has 1 N–H and O–H groups in total. The third kappa shape index (κ3) is 3.50. The number of imide groups is 1. The van der Waals surface area contributed by atoms with Gasteiger partial charge in [0, 0.05) is 11.8 Å². The highest BCUT2D eigenvalue weighted by atomic mass is 16.5. The molecule has 6 heteroatoms. The van der Waals surface area contributed by atoms with Crippen LogP contribution in [-0.4, -0.2) is 24.8 Å². The number of amides is 3. The van der Waals surface area contributed by atoms with Crippen LogP contribution in [0.15, 0.2) is 48.5 Å². The number of carbonyl (C=O) groups excluding carboxylic acids is 3. The Morgan fingerprint density at radius 2 is 1.79 bits per heavy atom. The van der Waals surface area contributed by atoms with Crippen LogP contribution in [0.1, 0.15) is 36.5 Å². The van der Waals surface area contributed by atoms with Crippen LogP contribution in [0.2, 0.25) is 0 Å². The Kier molecular flexibility index (Phi) is 5.09. The fourth-order valence-electron chi connectivity index (χ4n) is 4.39. The van der Waals surface area contributed by atoms with Crippen molar-refractivity contribution in [2.45, 2.75) is 26.2 Å². The van der Waals surface area contributed by atoms with Crippen LogP contribution in [0.5, 0.6) is 5.75 Å². The molecule has 1 aliphatic carbocycles. The van der Waals surface area contributed by atoms with Gasteiger partial charge in [-0.1, -0.05) is 25.1 Å². The minimum Gasteiger partial charge on any atom is -0.497 e. The normalized spacial score (nSPS) is 23.7. The molecule has 29 heavy (non-hydrogen) atoms. The first kappa shape index (κ1) is 19.2. The summed E-state index contributed by atoms with van der Waals surface area (Å²) in [6.45, 7) is 2.12. The fraction of sp³-hybridized carbons (Fsp3) is 0.348. The maximum Gasteiger partial charge on any atom is 0.257 e. The van der Waals surface area contributed by atoms with E-state index in [1.165, 1.54) is 4.90 Å². The van der Waals surface area contributed by atoms with E-state index in [0.717, 1.165) is 19.3 Å².